The number of hydrogen-bond donors (Lipinski definition) is 1. The molecule has 1 saturated carbocycles. The van der Waals surface area contributed by atoms with Gasteiger partial charge in [0, 0.05) is 5.92 Å². The second-order valence-electron chi connectivity index (χ2n) is 4.72. The number of benzene rings is 1. The van der Waals surface area contributed by atoms with Gasteiger partial charge in [0.25, 0.3) is 0 Å². The van der Waals surface area contributed by atoms with Crippen LogP contribution in [-0.4, -0.2) is 9.97 Å². The summed E-state index contributed by atoms with van der Waals surface area (Å²) >= 11 is 0. The van der Waals surface area contributed by atoms with Gasteiger partial charge < -0.3 is 4.98 Å². The molecule has 78 valence electrons. The van der Waals surface area contributed by atoms with Crippen molar-refractivity contribution in [3.05, 3.63) is 29.6 Å². The van der Waals surface area contributed by atoms with Crippen molar-refractivity contribution in [2.45, 2.75) is 32.6 Å². The summed E-state index contributed by atoms with van der Waals surface area (Å²) in [4.78, 5) is 8.16. The van der Waals surface area contributed by atoms with Crippen molar-refractivity contribution in [3.63, 3.8) is 0 Å². The van der Waals surface area contributed by atoms with Gasteiger partial charge in [0.05, 0.1) is 11.0 Å². The molecule has 2 nitrogen and oxygen atoms in total. The predicted octanol–water partition coefficient (Wildman–Crippen LogP) is 3.38. The molecule has 15 heavy (non-hydrogen) atoms. The maximum atomic E-state index is 4.72. The van der Waals surface area contributed by atoms with E-state index in [0.29, 0.717) is 5.92 Å². The number of nitrogens with one attached hydrogen (secondary N) is 1. The van der Waals surface area contributed by atoms with Crippen molar-refractivity contribution in [2.24, 2.45) is 5.92 Å². The van der Waals surface area contributed by atoms with Crippen molar-refractivity contribution in [1.29, 1.82) is 0 Å². The number of nitrogens with zero attached hydrogens (tertiary/aromatic N) is 1. The molecule has 1 atom stereocenters. The minimum Gasteiger partial charge on any atom is -0.342 e. The van der Waals surface area contributed by atoms with Gasteiger partial charge in [-0.05, 0) is 37.3 Å². The lowest BCUT2D eigenvalue weighted by molar-refractivity contribution is 0.630. The number of para-hydroxylation sites is 1. The summed E-state index contributed by atoms with van der Waals surface area (Å²) in [5, 5.41) is 0. The standard InChI is InChI=1S/C13H16N2/c1-8-4-3-5-11-12(8)15-13(14-11)9(2)10-6-7-10/h3-5,9-10H,6-7H2,1-2H3,(H,14,15). The summed E-state index contributed by atoms with van der Waals surface area (Å²) in [7, 11) is 0. The van der Waals surface area contributed by atoms with Crippen LogP contribution >= 0.6 is 0 Å². The van der Waals surface area contributed by atoms with Crippen molar-refractivity contribution < 1.29 is 0 Å². The van der Waals surface area contributed by atoms with Gasteiger partial charge in [0.15, 0.2) is 0 Å². The Bertz CT molecular complexity index is 494. The number of hydrogen-bond acceptors (Lipinski definition) is 1. The molecular formula is C13H16N2. The van der Waals surface area contributed by atoms with E-state index in [2.05, 4.69) is 37.0 Å². The second kappa shape index (κ2) is 3.09. The van der Waals surface area contributed by atoms with Gasteiger partial charge in [0.1, 0.15) is 5.82 Å². The highest BCUT2D eigenvalue weighted by molar-refractivity contribution is 5.78. The van der Waals surface area contributed by atoms with Gasteiger partial charge in [0.2, 0.25) is 0 Å². The molecule has 0 spiro atoms. The molecule has 2 heteroatoms. The van der Waals surface area contributed by atoms with E-state index in [1.165, 1.54) is 29.7 Å². The van der Waals surface area contributed by atoms with Crippen LogP contribution in [0.25, 0.3) is 11.0 Å². The van der Waals surface area contributed by atoms with Gasteiger partial charge in [-0.15, -0.1) is 0 Å². The second-order valence-corrected chi connectivity index (χ2v) is 4.72. The Labute approximate surface area is 89.7 Å². The summed E-state index contributed by atoms with van der Waals surface area (Å²) in [5.41, 5.74) is 3.58. The van der Waals surface area contributed by atoms with Crippen molar-refractivity contribution in [1.82, 2.24) is 9.97 Å². The van der Waals surface area contributed by atoms with Crippen LogP contribution in [0.3, 0.4) is 0 Å². The molecule has 0 radical (unpaired) electrons. The van der Waals surface area contributed by atoms with Crippen LogP contribution in [0, 0.1) is 12.8 Å². The van der Waals surface area contributed by atoms with E-state index >= 15 is 0 Å². The van der Waals surface area contributed by atoms with Crippen molar-refractivity contribution in [2.75, 3.05) is 0 Å². The number of aromatic amines is 1. The summed E-state index contributed by atoms with van der Waals surface area (Å²) < 4.78 is 0. The number of aryl methyl sites for hydroxylation is 1. The molecule has 1 aromatic heterocycles. The first-order valence-electron chi connectivity index (χ1n) is 5.71. The number of rotatable bonds is 2. The summed E-state index contributed by atoms with van der Waals surface area (Å²) in [6.07, 6.45) is 2.74. The van der Waals surface area contributed by atoms with Gasteiger partial charge in [-0.3, -0.25) is 0 Å². The fourth-order valence-corrected chi connectivity index (χ4v) is 2.23. The van der Waals surface area contributed by atoms with Gasteiger partial charge >= 0.3 is 0 Å². The average molecular weight is 200 g/mol. The highest BCUT2D eigenvalue weighted by Crippen LogP contribution is 2.41. The number of fused-ring (bicyclic) bond motifs is 1. The molecule has 0 aliphatic heterocycles. The third-order valence-corrected chi connectivity index (χ3v) is 3.49. The van der Waals surface area contributed by atoms with Crippen LogP contribution in [0.15, 0.2) is 18.2 Å². The molecule has 2 aromatic rings. The van der Waals surface area contributed by atoms with E-state index in [9.17, 15) is 0 Å². The highest BCUT2D eigenvalue weighted by Gasteiger charge is 2.30. The predicted molar refractivity (Wildman–Crippen MR) is 62.0 cm³/mol. The Morgan fingerprint density at radius 2 is 2.20 bits per heavy atom. The Morgan fingerprint density at radius 3 is 2.87 bits per heavy atom. The zero-order valence-corrected chi connectivity index (χ0v) is 9.25. The van der Waals surface area contributed by atoms with E-state index in [-0.39, 0.29) is 0 Å². The fraction of sp³-hybridized carbons (Fsp3) is 0.462. The monoisotopic (exact) mass is 200 g/mol. The van der Waals surface area contributed by atoms with Crippen molar-refractivity contribution in [3.8, 4) is 0 Å². The Kier molecular flexibility index (Phi) is 1.84. The van der Waals surface area contributed by atoms with Crippen molar-refractivity contribution >= 4 is 11.0 Å². The maximum absolute atomic E-state index is 4.72. The topological polar surface area (TPSA) is 28.7 Å². The lowest BCUT2D eigenvalue weighted by Crippen LogP contribution is -1.97. The molecule has 0 amide bonds. The van der Waals surface area contributed by atoms with Gasteiger partial charge in [-0.1, -0.05) is 19.1 Å². The van der Waals surface area contributed by atoms with Crippen LogP contribution in [0.5, 0.6) is 0 Å². The maximum Gasteiger partial charge on any atom is 0.110 e. The van der Waals surface area contributed by atoms with E-state index in [1.54, 1.807) is 0 Å². The van der Waals surface area contributed by atoms with E-state index in [4.69, 9.17) is 4.98 Å². The Hall–Kier alpha value is -1.31. The van der Waals surface area contributed by atoms with Crippen LogP contribution < -0.4 is 0 Å². The molecule has 1 unspecified atom stereocenters. The van der Waals surface area contributed by atoms with Crippen LogP contribution in [0.1, 0.15) is 37.1 Å². The molecular weight excluding hydrogens is 184 g/mol. The molecule has 1 heterocycles. The van der Waals surface area contributed by atoms with Gasteiger partial charge in [-0.25, -0.2) is 4.98 Å². The molecule has 0 saturated heterocycles. The largest absolute Gasteiger partial charge is 0.342 e. The molecule has 3 rings (SSSR count). The zero-order valence-electron chi connectivity index (χ0n) is 9.25. The van der Waals surface area contributed by atoms with E-state index in [0.717, 1.165) is 11.4 Å². The minimum atomic E-state index is 0.594. The molecule has 0 bridgehead atoms. The smallest absolute Gasteiger partial charge is 0.110 e. The first-order valence-corrected chi connectivity index (χ1v) is 5.71. The van der Waals surface area contributed by atoms with E-state index in [1.807, 2.05) is 0 Å². The van der Waals surface area contributed by atoms with Crippen LogP contribution in [0.4, 0.5) is 0 Å². The zero-order chi connectivity index (χ0) is 10.4. The quantitative estimate of drug-likeness (QED) is 0.791. The first-order chi connectivity index (χ1) is 7.25. The summed E-state index contributed by atoms with van der Waals surface area (Å²) in [6.45, 7) is 4.40. The molecule has 1 aromatic carbocycles. The lowest BCUT2D eigenvalue weighted by atomic mass is 10.1. The fourth-order valence-electron chi connectivity index (χ4n) is 2.23. The third-order valence-electron chi connectivity index (χ3n) is 3.49. The number of aromatic nitrogens is 2. The molecule has 1 aliphatic carbocycles. The first kappa shape index (κ1) is 8.96. The highest BCUT2D eigenvalue weighted by atomic mass is 14.9. The SMILES string of the molecule is Cc1cccc2[nH]c(C(C)C3CC3)nc12. The van der Waals surface area contributed by atoms with Gasteiger partial charge in [-0.2, -0.15) is 0 Å². The molecule has 1 N–H and O–H groups in total. The lowest BCUT2D eigenvalue weighted by Gasteiger charge is -2.04. The Morgan fingerprint density at radius 1 is 1.40 bits per heavy atom. The number of imidazole rings is 1. The van der Waals surface area contributed by atoms with Crippen LogP contribution in [0.2, 0.25) is 0 Å². The summed E-state index contributed by atoms with van der Waals surface area (Å²) in [5.74, 6) is 2.63. The van der Waals surface area contributed by atoms with Crippen LogP contribution in [-0.2, 0) is 0 Å². The minimum absolute atomic E-state index is 0.594. The third kappa shape index (κ3) is 1.44. The van der Waals surface area contributed by atoms with E-state index < -0.39 is 0 Å². The normalized spacial score (nSPS) is 18.3. The molecule has 1 fully saturated rings. The molecule has 1 aliphatic rings. The summed E-state index contributed by atoms with van der Waals surface area (Å²) in [6, 6.07) is 6.31. The number of H-pyrrole nitrogens is 1. The Balaban J connectivity index is 2.09. The average Bonchev–Trinajstić information content (AvgIpc) is 2.97.